The predicted octanol–water partition coefficient (Wildman–Crippen LogP) is 4.28. The second kappa shape index (κ2) is 6.14. The topological polar surface area (TPSA) is 12.0 Å². The molecule has 20 heavy (non-hydrogen) atoms. The van der Waals surface area contributed by atoms with E-state index in [1.165, 1.54) is 12.1 Å². The van der Waals surface area contributed by atoms with Gasteiger partial charge in [0.2, 0.25) is 0 Å². The number of benzene rings is 2. The van der Waals surface area contributed by atoms with E-state index in [-0.39, 0.29) is 6.04 Å². The van der Waals surface area contributed by atoms with Gasteiger partial charge in [-0.15, -0.1) is 0 Å². The summed E-state index contributed by atoms with van der Waals surface area (Å²) < 4.78 is 26.9. The zero-order valence-corrected chi connectivity index (χ0v) is 12.0. The van der Waals surface area contributed by atoms with E-state index in [1.807, 2.05) is 32.9 Å². The number of halogens is 2. The summed E-state index contributed by atoms with van der Waals surface area (Å²) in [5.74, 6) is -1.10. The minimum Gasteiger partial charge on any atom is -0.307 e. The molecule has 0 saturated carbocycles. The van der Waals surface area contributed by atoms with Gasteiger partial charge >= 0.3 is 0 Å². The van der Waals surface area contributed by atoms with Crippen molar-refractivity contribution in [2.45, 2.75) is 26.8 Å². The summed E-state index contributed by atoms with van der Waals surface area (Å²) in [6.07, 6.45) is 0. The first kappa shape index (κ1) is 14.7. The molecular weight excluding hydrogens is 256 g/mol. The van der Waals surface area contributed by atoms with E-state index >= 15 is 0 Å². The smallest absolute Gasteiger partial charge is 0.126 e. The van der Waals surface area contributed by atoms with Gasteiger partial charge in [-0.05, 0) is 43.7 Å². The lowest BCUT2D eigenvalue weighted by Crippen LogP contribution is -2.22. The van der Waals surface area contributed by atoms with E-state index in [4.69, 9.17) is 0 Å². The van der Waals surface area contributed by atoms with Crippen LogP contribution in [-0.4, -0.2) is 6.54 Å². The van der Waals surface area contributed by atoms with Gasteiger partial charge in [0.1, 0.15) is 11.6 Å². The van der Waals surface area contributed by atoms with Crippen molar-refractivity contribution in [3.05, 3.63) is 70.3 Å². The van der Waals surface area contributed by atoms with Crippen LogP contribution in [0.4, 0.5) is 8.78 Å². The molecule has 0 aliphatic carbocycles. The molecule has 3 heteroatoms. The number of aryl methyl sites for hydroxylation is 2. The van der Waals surface area contributed by atoms with E-state index in [1.54, 1.807) is 0 Å². The molecule has 0 radical (unpaired) electrons. The fourth-order valence-electron chi connectivity index (χ4n) is 2.55. The highest BCUT2D eigenvalue weighted by Gasteiger charge is 2.15. The van der Waals surface area contributed by atoms with E-state index in [9.17, 15) is 8.78 Å². The Bertz CT molecular complexity index is 516. The van der Waals surface area contributed by atoms with Gasteiger partial charge in [-0.25, -0.2) is 8.78 Å². The number of nitrogens with one attached hydrogen (secondary N) is 1. The highest BCUT2D eigenvalue weighted by atomic mass is 19.1. The molecule has 1 atom stereocenters. The molecule has 0 aliphatic rings. The summed E-state index contributed by atoms with van der Waals surface area (Å²) in [7, 11) is 0. The summed E-state index contributed by atoms with van der Waals surface area (Å²) in [6.45, 7) is 6.73. The van der Waals surface area contributed by atoms with E-state index in [2.05, 4.69) is 11.4 Å². The maximum absolute atomic E-state index is 13.4. The molecule has 0 fully saturated rings. The number of hydrogen-bond donors (Lipinski definition) is 1. The van der Waals surface area contributed by atoms with Crippen LogP contribution in [0.1, 0.15) is 35.2 Å². The van der Waals surface area contributed by atoms with Gasteiger partial charge in [0.25, 0.3) is 0 Å². The van der Waals surface area contributed by atoms with E-state index in [0.29, 0.717) is 5.56 Å². The minimum absolute atomic E-state index is 0.205. The molecule has 2 aromatic rings. The molecule has 0 spiro atoms. The third-order valence-electron chi connectivity index (χ3n) is 3.20. The van der Waals surface area contributed by atoms with Gasteiger partial charge in [0.05, 0.1) is 6.04 Å². The quantitative estimate of drug-likeness (QED) is 0.878. The molecule has 1 N–H and O–H groups in total. The Morgan fingerprint density at radius 3 is 1.85 bits per heavy atom. The van der Waals surface area contributed by atoms with Crippen LogP contribution in [0, 0.1) is 25.5 Å². The molecule has 0 aromatic heterocycles. The summed E-state index contributed by atoms with van der Waals surface area (Å²) in [6, 6.07) is 9.63. The molecule has 0 bridgehead atoms. The molecule has 1 unspecified atom stereocenters. The Balaban J connectivity index is 2.49. The van der Waals surface area contributed by atoms with Gasteiger partial charge in [0.15, 0.2) is 0 Å². The van der Waals surface area contributed by atoms with Crippen molar-refractivity contribution in [1.29, 1.82) is 0 Å². The van der Waals surface area contributed by atoms with Crippen LogP contribution in [0.15, 0.2) is 36.4 Å². The van der Waals surface area contributed by atoms with Crippen LogP contribution in [-0.2, 0) is 0 Å². The zero-order chi connectivity index (χ0) is 14.7. The lowest BCUT2D eigenvalue weighted by Gasteiger charge is -2.20. The largest absolute Gasteiger partial charge is 0.307 e. The van der Waals surface area contributed by atoms with Crippen LogP contribution >= 0.6 is 0 Å². The van der Waals surface area contributed by atoms with Crippen LogP contribution < -0.4 is 5.32 Å². The first-order valence-electron chi connectivity index (χ1n) is 6.77. The van der Waals surface area contributed by atoms with E-state index < -0.39 is 11.6 Å². The van der Waals surface area contributed by atoms with Crippen molar-refractivity contribution < 1.29 is 8.78 Å². The standard InChI is InChI=1S/C17H19F2N/c1-4-20-17(13-6-11(2)5-12(3)7-13)14-8-15(18)10-16(19)9-14/h5-10,17,20H,4H2,1-3H3. The van der Waals surface area contributed by atoms with Crippen molar-refractivity contribution in [2.24, 2.45) is 0 Å². The first-order chi connectivity index (χ1) is 9.49. The summed E-state index contributed by atoms with van der Waals surface area (Å²) in [4.78, 5) is 0. The Hall–Kier alpha value is -1.74. The third-order valence-corrected chi connectivity index (χ3v) is 3.20. The molecule has 0 saturated heterocycles. The SMILES string of the molecule is CCNC(c1cc(C)cc(C)c1)c1cc(F)cc(F)c1. The van der Waals surface area contributed by atoms with Crippen molar-refractivity contribution in [3.63, 3.8) is 0 Å². The maximum Gasteiger partial charge on any atom is 0.126 e. The van der Waals surface area contributed by atoms with Crippen molar-refractivity contribution >= 4 is 0 Å². The monoisotopic (exact) mass is 275 g/mol. The molecule has 0 aliphatic heterocycles. The fraction of sp³-hybridized carbons (Fsp3) is 0.294. The van der Waals surface area contributed by atoms with Gasteiger partial charge < -0.3 is 5.32 Å². The molecular formula is C17H19F2N. The summed E-state index contributed by atoms with van der Waals surface area (Å²) >= 11 is 0. The number of hydrogen-bond acceptors (Lipinski definition) is 1. The van der Waals surface area contributed by atoms with Crippen LogP contribution in [0.2, 0.25) is 0 Å². The Kier molecular flexibility index (Phi) is 4.50. The Morgan fingerprint density at radius 1 is 0.850 bits per heavy atom. The zero-order valence-electron chi connectivity index (χ0n) is 12.0. The predicted molar refractivity (Wildman–Crippen MR) is 77.8 cm³/mol. The average Bonchev–Trinajstić information content (AvgIpc) is 2.33. The number of rotatable bonds is 4. The van der Waals surface area contributed by atoms with E-state index in [0.717, 1.165) is 29.3 Å². The first-order valence-corrected chi connectivity index (χ1v) is 6.77. The van der Waals surface area contributed by atoms with Crippen LogP contribution in [0.25, 0.3) is 0 Å². The molecule has 1 nitrogen and oxygen atoms in total. The van der Waals surface area contributed by atoms with Crippen molar-refractivity contribution in [3.8, 4) is 0 Å². The van der Waals surface area contributed by atoms with Gasteiger partial charge in [-0.2, -0.15) is 0 Å². The second-order valence-corrected chi connectivity index (χ2v) is 5.11. The van der Waals surface area contributed by atoms with Gasteiger partial charge in [-0.1, -0.05) is 36.2 Å². The fourth-order valence-corrected chi connectivity index (χ4v) is 2.55. The molecule has 0 amide bonds. The highest BCUT2D eigenvalue weighted by Crippen LogP contribution is 2.25. The van der Waals surface area contributed by atoms with Crippen molar-refractivity contribution in [1.82, 2.24) is 5.32 Å². The molecule has 106 valence electrons. The third kappa shape index (κ3) is 3.42. The normalized spacial score (nSPS) is 12.4. The summed E-state index contributed by atoms with van der Waals surface area (Å²) in [5.41, 5.74) is 3.91. The lowest BCUT2D eigenvalue weighted by atomic mass is 9.95. The molecule has 2 rings (SSSR count). The Labute approximate surface area is 118 Å². The van der Waals surface area contributed by atoms with Crippen molar-refractivity contribution in [2.75, 3.05) is 6.54 Å². The molecule has 0 heterocycles. The minimum atomic E-state index is -0.549. The lowest BCUT2D eigenvalue weighted by molar-refractivity contribution is 0.565. The van der Waals surface area contributed by atoms with Crippen LogP contribution in [0.3, 0.4) is 0 Å². The van der Waals surface area contributed by atoms with Gasteiger partial charge in [0, 0.05) is 6.07 Å². The molecule has 2 aromatic carbocycles. The van der Waals surface area contributed by atoms with Gasteiger partial charge in [-0.3, -0.25) is 0 Å². The Morgan fingerprint density at radius 2 is 1.35 bits per heavy atom. The second-order valence-electron chi connectivity index (χ2n) is 5.11. The van der Waals surface area contributed by atoms with Crippen LogP contribution in [0.5, 0.6) is 0 Å². The summed E-state index contributed by atoms with van der Waals surface area (Å²) in [5, 5.41) is 3.29. The maximum atomic E-state index is 13.4. The average molecular weight is 275 g/mol. The highest BCUT2D eigenvalue weighted by molar-refractivity contribution is 5.37.